The van der Waals surface area contributed by atoms with Crippen LogP contribution in [0.1, 0.15) is 18.5 Å². The average Bonchev–Trinajstić information content (AvgIpc) is 3.10. The summed E-state index contributed by atoms with van der Waals surface area (Å²) in [6.45, 7) is 0. The maximum absolute atomic E-state index is 12.8. The Morgan fingerprint density at radius 3 is 2.69 bits per heavy atom. The summed E-state index contributed by atoms with van der Waals surface area (Å²) in [7, 11) is 0. The molecule has 11 nitrogen and oxygen atoms in total. The lowest BCUT2D eigenvalue weighted by molar-refractivity contribution is -0.155. The molecule has 1 saturated heterocycles. The van der Waals surface area contributed by atoms with E-state index in [0.29, 0.717) is 17.7 Å². The van der Waals surface area contributed by atoms with Crippen LogP contribution in [0.3, 0.4) is 0 Å². The summed E-state index contributed by atoms with van der Waals surface area (Å²) in [5, 5.41) is 24.5. The van der Waals surface area contributed by atoms with E-state index in [2.05, 4.69) is 20.4 Å². The van der Waals surface area contributed by atoms with Gasteiger partial charge >= 0.3 is 5.97 Å². The number of β-lactam (4-membered cyclic amide) rings is 1. The second-order valence-electron chi connectivity index (χ2n) is 6.75. The summed E-state index contributed by atoms with van der Waals surface area (Å²) in [4.78, 5) is 47.7. The van der Waals surface area contributed by atoms with Gasteiger partial charge in [0.15, 0.2) is 10.8 Å². The van der Waals surface area contributed by atoms with Crippen LogP contribution in [0.25, 0.3) is 0 Å². The van der Waals surface area contributed by atoms with Crippen molar-refractivity contribution in [3.8, 4) is 0 Å². The van der Waals surface area contributed by atoms with Gasteiger partial charge in [-0.25, -0.2) is 9.78 Å². The number of thiazole rings is 1. The molecule has 2 aliphatic rings. The topological polar surface area (TPSA) is 171 Å². The molecule has 0 aliphatic carbocycles. The first-order valence-corrected chi connectivity index (χ1v) is 11.2. The van der Waals surface area contributed by atoms with Crippen LogP contribution < -0.4 is 11.1 Å². The quantitative estimate of drug-likeness (QED) is 0.201. The standard InChI is InChI=1S/C18H15ClN6O5S2/c19-14-11(23-18(20)32-14)12(24-30)15(26)22-10-8-1-2-9(31-7-3-5-21-6-4-7)13(17(28)29)25(8)16(10)27/h3-6,8,10,30H,1-2H2,(H2,20,23)(H,22,26)(H,28,29)/b24-12-. The predicted molar refractivity (Wildman–Crippen MR) is 116 cm³/mol. The molecular formula is C18H15ClN6O5S2. The number of carbonyl (C=O) groups is 3. The number of nitrogen functional groups attached to an aromatic ring is 1. The third kappa shape index (κ3) is 3.89. The Kier molecular flexibility index (Phi) is 6.04. The number of halogens is 1. The summed E-state index contributed by atoms with van der Waals surface area (Å²) in [5.74, 6) is -2.68. The van der Waals surface area contributed by atoms with E-state index in [4.69, 9.17) is 17.3 Å². The first-order chi connectivity index (χ1) is 15.3. The van der Waals surface area contributed by atoms with Gasteiger partial charge in [0.25, 0.3) is 11.8 Å². The maximum Gasteiger partial charge on any atom is 0.353 e. The molecule has 0 radical (unpaired) electrons. The molecule has 2 atom stereocenters. The van der Waals surface area contributed by atoms with Gasteiger partial charge in [0, 0.05) is 22.2 Å². The highest BCUT2D eigenvalue weighted by Crippen LogP contribution is 2.43. The largest absolute Gasteiger partial charge is 0.477 e. The number of fused-ring (bicyclic) bond motifs is 1. The molecule has 0 bridgehead atoms. The number of anilines is 1. The lowest BCUT2D eigenvalue weighted by Crippen LogP contribution is -2.72. The molecule has 2 amide bonds. The van der Waals surface area contributed by atoms with E-state index in [1.807, 2.05) is 0 Å². The normalized spacial score (nSPS) is 20.6. The minimum atomic E-state index is -1.23. The average molecular weight is 495 g/mol. The molecule has 0 spiro atoms. The van der Waals surface area contributed by atoms with Crippen LogP contribution in [0.2, 0.25) is 4.34 Å². The van der Waals surface area contributed by atoms with Gasteiger partial charge in [-0.2, -0.15) is 0 Å². The monoisotopic (exact) mass is 494 g/mol. The van der Waals surface area contributed by atoms with Crippen molar-refractivity contribution in [2.75, 3.05) is 5.73 Å². The van der Waals surface area contributed by atoms with E-state index >= 15 is 0 Å². The fraction of sp³-hybridized carbons (Fsp3) is 0.222. The maximum atomic E-state index is 12.8. The molecule has 2 aromatic heterocycles. The highest BCUT2D eigenvalue weighted by molar-refractivity contribution is 8.03. The molecule has 0 aromatic carbocycles. The van der Waals surface area contributed by atoms with Crippen molar-refractivity contribution in [2.45, 2.75) is 29.8 Å². The van der Waals surface area contributed by atoms with Crippen molar-refractivity contribution >= 4 is 63.3 Å². The van der Waals surface area contributed by atoms with Crippen molar-refractivity contribution < 1.29 is 24.7 Å². The Bertz CT molecular complexity index is 1170. The Hall–Kier alpha value is -3.16. The minimum Gasteiger partial charge on any atom is -0.477 e. The molecule has 4 heterocycles. The SMILES string of the molecule is Nc1nc(/C(=N/O)C(=O)NC2C(=O)N3C(C(=O)O)=C(Sc4ccncc4)CCC23)c(Cl)s1. The number of allylic oxidation sites excluding steroid dienone is 1. The lowest BCUT2D eigenvalue weighted by atomic mass is 9.86. The number of pyridine rings is 1. The van der Waals surface area contributed by atoms with Crippen LogP contribution in [0, 0.1) is 0 Å². The molecule has 4 rings (SSSR count). The number of rotatable bonds is 6. The van der Waals surface area contributed by atoms with Crippen molar-refractivity contribution in [3.63, 3.8) is 0 Å². The van der Waals surface area contributed by atoms with E-state index in [0.717, 1.165) is 16.2 Å². The first kappa shape index (κ1) is 22.0. The summed E-state index contributed by atoms with van der Waals surface area (Å²) >= 11 is 8.13. The Labute approximate surface area is 194 Å². The molecule has 5 N–H and O–H groups in total. The van der Waals surface area contributed by atoms with Crippen LogP contribution >= 0.6 is 34.7 Å². The number of nitrogens with one attached hydrogen (secondary N) is 1. The van der Waals surface area contributed by atoms with Crippen LogP contribution in [-0.2, 0) is 14.4 Å². The number of carboxylic acids is 1. The van der Waals surface area contributed by atoms with Crippen LogP contribution in [0.15, 0.2) is 45.2 Å². The van der Waals surface area contributed by atoms with E-state index in [9.17, 15) is 24.7 Å². The predicted octanol–water partition coefficient (Wildman–Crippen LogP) is 1.53. The fourth-order valence-corrected chi connectivity index (χ4v) is 5.52. The number of hydrogen-bond donors (Lipinski definition) is 4. The van der Waals surface area contributed by atoms with Crippen LogP contribution in [0.5, 0.6) is 0 Å². The number of amides is 2. The zero-order chi connectivity index (χ0) is 23.0. The number of thioether (sulfide) groups is 1. The zero-order valence-electron chi connectivity index (χ0n) is 16.1. The highest BCUT2D eigenvalue weighted by Gasteiger charge is 2.53. The Morgan fingerprint density at radius 1 is 1.38 bits per heavy atom. The Balaban J connectivity index is 1.53. The van der Waals surface area contributed by atoms with Crippen LogP contribution in [0.4, 0.5) is 5.13 Å². The van der Waals surface area contributed by atoms with Gasteiger partial charge in [-0.05, 0) is 25.0 Å². The van der Waals surface area contributed by atoms with E-state index < -0.39 is 35.6 Å². The van der Waals surface area contributed by atoms with E-state index in [-0.39, 0.29) is 20.9 Å². The molecule has 2 aromatic rings. The number of aliphatic carboxylic acids is 1. The van der Waals surface area contributed by atoms with Gasteiger partial charge in [0.1, 0.15) is 21.8 Å². The van der Waals surface area contributed by atoms with E-state index in [1.165, 1.54) is 16.7 Å². The molecule has 2 unspecified atom stereocenters. The highest BCUT2D eigenvalue weighted by atomic mass is 35.5. The number of carboxylic acid groups (broad SMARTS) is 1. The fourth-order valence-electron chi connectivity index (χ4n) is 3.55. The number of aromatic nitrogens is 2. The second-order valence-corrected chi connectivity index (χ2v) is 9.55. The number of hydrogen-bond acceptors (Lipinski definition) is 10. The minimum absolute atomic E-state index is 0.0542. The molecule has 0 saturated carbocycles. The number of nitrogens with zero attached hydrogens (tertiary/aromatic N) is 4. The molecular weight excluding hydrogens is 480 g/mol. The van der Waals surface area contributed by atoms with Gasteiger partial charge < -0.3 is 21.4 Å². The summed E-state index contributed by atoms with van der Waals surface area (Å²) in [6.07, 6.45) is 4.04. The third-order valence-corrected chi connectivity index (χ3v) is 7.15. The van der Waals surface area contributed by atoms with Crippen molar-refractivity contribution in [3.05, 3.63) is 45.2 Å². The number of carbonyl (C=O) groups excluding carboxylic acids is 2. The summed E-state index contributed by atoms with van der Waals surface area (Å²) < 4.78 is 0.0542. The van der Waals surface area contributed by atoms with Gasteiger partial charge in [0.2, 0.25) is 0 Å². The van der Waals surface area contributed by atoms with Gasteiger partial charge in [-0.3, -0.25) is 19.5 Å². The van der Waals surface area contributed by atoms with Gasteiger partial charge in [-0.15, -0.1) is 0 Å². The van der Waals surface area contributed by atoms with Crippen LogP contribution in [-0.4, -0.2) is 60.8 Å². The van der Waals surface area contributed by atoms with Crippen molar-refractivity contribution in [1.29, 1.82) is 0 Å². The number of oxime groups is 1. The van der Waals surface area contributed by atoms with Gasteiger partial charge in [-0.1, -0.05) is 39.9 Å². The second kappa shape index (κ2) is 8.76. The number of nitrogens with two attached hydrogens (primary N) is 1. The summed E-state index contributed by atoms with van der Waals surface area (Å²) in [5.41, 5.74) is 4.85. The molecule has 14 heteroatoms. The van der Waals surface area contributed by atoms with E-state index in [1.54, 1.807) is 24.5 Å². The smallest absolute Gasteiger partial charge is 0.353 e. The first-order valence-electron chi connectivity index (χ1n) is 9.14. The van der Waals surface area contributed by atoms with Gasteiger partial charge in [0.05, 0.1) is 6.04 Å². The zero-order valence-corrected chi connectivity index (χ0v) is 18.4. The molecule has 32 heavy (non-hydrogen) atoms. The lowest BCUT2D eigenvalue weighted by Gasteiger charge is -2.50. The summed E-state index contributed by atoms with van der Waals surface area (Å²) in [6, 6.07) is 1.97. The Morgan fingerprint density at radius 2 is 2.09 bits per heavy atom. The third-order valence-electron chi connectivity index (χ3n) is 4.91. The molecule has 166 valence electrons. The molecule has 2 aliphatic heterocycles. The molecule has 1 fully saturated rings. The van der Waals surface area contributed by atoms with Crippen molar-refractivity contribution in [1.82, 2.24) is 20.2 Å². The van der Waals surface area contributed by atoms with Crippen molar-refractivity contribution in [2.24, 2.45) is 5.16 Å².